The lowest BCUT2D eigenvalue weighted by Gasteiger charge is -2.30. The van der Waals surface area contributed by atoms with Gasteiger partial charge in [0, 0.05) is 25.6 Å². The molecule has 0 saturated carbocycles. The number of rotatable bonds is 14. The van der Waals surface area contributed by atoms with Crippen LogP contribution in [0.1, 0.15) is 108 Å². The Hall–Kier alpha value is -4.07. The highest BCUT2D eigenvalue weighted by molar-refractivity contribution is 6.28. The van der Waals surface area contributed by atoms with Crippen LogP contribution in [0.15, 0.2) is 36.4 Å². The van der Waals surface area contributed by atoms with Gasteiger partial charge in [0.2, 0.25) is 11.8 Å². The number of benzene rings is 2. The van der Waals surface area contributed by atoms with Crippen LogP contribution in [0.3, 0.4) is 0 Å². The number of aryl methyl sites for hydroxylation is 4. The second-order valence-electron chi connectivity index (χ2n) is 12.7. The molecule has 0 N–H and O–H groups in total. The summed E-state index contributed by atoms with van der Waals surface area (Å²) in [7, 11) is 0. The Morgan fingerprint density at radius 3 is 1.65 bits per heavy atom. The van der Waals surface area contributed by atoms with Crippen molar-refractivity contribution in [3.8, 4) is 0 Å². The Morgan fingerprint density at radius 2 is 1.24 bits per heavy atom. The van der Waals surface area contributed by atoms with E-state index in [4.69, 9.17) is 0 Å². The van der Waals surface area contributed by atoms with Gasteiger partial charge in [-0.05, 0) is 77.8 Å². The van der Waals surface area contributed by atoms with Gasteiger partial charge in [-0.2, -0.15) is 0 Å². The van der Waals surface area contributed by atoms with Crippen molar-refractivity contribution in [3.05, 3.63) is 69.8 Å². The molecule has 8 nitrogen and oxygen atoms in total. The summed E-state index contributed by atoms with van der Waals surface area (Å²) < 4.78 is 0. The first-order valence-corrected chi connectivity index (χ1v) is 17.0. The van der Waals surface area contributed by atoms with Crippen molar-refractivity contribution in [2.75, 3.05) is 16.3 Å². The number of carbonyl (C=O) groups is 5. The van der Waals surface area contributed by atoms with Gasteiger partial charge in [0.1, 0.15) is 6.04 Å². The smallest absolute Gasteiger partial charge is 0.258 e. The van der Waals surface area contributed by atoms with Crippen LogP contribution >= 0.6 is 0 Å². The number of unbranched alkanes of at least 4 members (excludes halogenated alkanes) is 1. The number of hydrogen-bond donors (Lipinski definition) is 0. The van der Waals surface area contributed by atoms with Gasteiger partial charge in [0.05, 0.1) is 17.8 Å². The second-order valence-corrected chi connectivity index (χ2v) is 12.7. The Balaban J connectivity index is 1.67. The third-order valence-corrected chi connectivity index (χ3v) is 9.31. The molecule has 2 aromatic rings. The fourth-order valence-electron chi connectivity index (χ4n) is 6.93. The minimum atomic E-state index is -0.786. The average Bonchev–Trinajstić information content (AvgIpc) is 3.52. The Kier molecular flexibility index (Phi) is 11.4. The maximum atomic E-state index is 14.0. The molecule has 0 aromatic heterocycles. The molecule has 0 aliphatic carbocycles. The van der Waals surface area contributed by atoms with Gasteiger partial charge < -0.3 is 4.90 Å². The molecule has 0 radical (unpaired) electrons. The largest absolute Gasteiger partial charge is 0.330 e. The molecule has 0 spiro atoms. The number of imide groups is 2. The first-order chi connectivity index (χ1) is 22.0. The maximum Gasteiger partial charge on any atom is 0.258 e. The van der Waals surface area contributed by atoms with Gasteiger partial charge in [-0.25, -0.2) is 9.80 Å². The van der Waals surface area contributed by atoms with E-state index in [9.17, 15) is 24.0 Å². The lowest BCUT2D eigenvalue weighted by atomic mass is 9.92. The van der Waals surface area contributed by atoms with Crippen LogP contribution in [-0.2, 0) is 56.1 Å². The summed E-state index contributed by atoms with van der Waals surface area (Å²) >= 11 is 0. The highest BCUT2D eigenvalue weighted by Gasteiger charge is 2.45. The summed E-state index contributed by atoms with van der Waals surface area (Å²) in [5.41, 5.74) is 7.22. The van der Waals surface area contributed by atoms with Gasteiger partial charge in [-0.15, -0.1) is 0 Å². The van der Waals surface area contributed by atoms with Crippen LogP contribution in [0.4, 0.5) is 11.4 Å². The van der Waals surface area contributed by atoms with Crippen LogP contribution in [0.5, 0.6) is 0 Å². The van der Waals surface area contributed by atoms with Crippen molar-refractivity contribution < 1.29 is 24.0 Å². The summed E-state index contributed by atoms with van der Waals surface area (Å²) in [6, 6.07) is 7.54. The quantitative estimate of drug-likeness (QED) is 0.230. The summed E-state index contributed by atoms with van der Waals surface area (Å²) in [6.07, 6.45) is 8.95. The molecule has 2 unspecified atom stereocenters. The van der Waals surface area contributed by atoms with Crippen LogP contribution in [0, 0.1) is 5.92 Å². The molecule has 2 atom stereocenters. The van der Waals surface area contributed by atoms with Crippen LogP contribution in [0.2, 0.25) is 0 Å². The normalized spacial score (nSPS) is 17.1. The maximum absolute atomic E-state index is 14.0. The van der Waals surface area contributed by atoms with Crippen molar-refractivity contribution in [2.24, 2.45) is 5.92 Å². The minimum Gasteiger partial charge on any atom is -0.330 e. The molecule has 2 aliphatic heterocycles. The van der Waals surface area contributed by atoms with E-state index in [-0.39, 0.29) is 41.9 Å². The van der Waals surface area contributed by atoms with Crippen LogP contribution < -0.4 is 9.80 Å². The number of hydrogen-bond acceptors (Lipinski definition) is 5. The fraction of sp³-hybridized carbons (Fsp3) is 0.500. The topological polar surface area (TPSA) is 95.1 Å². The van der Waals surface area contributed by atoms with Crippen LogP contribution in [0.25, 0.3) is 0 Å². The molecule has 2 heterocycles. The molecule has 4 rings (SSSR count). The molecular formula is C38H49N3O5. The minimum absolute atomic E-state index is 0.00352. The number of carbonyl (C=O) groups excluding carboxylic acids is 5. The third kappa shape index (κ3) is 7.01. The van der Waals surface area contributed by atoms with E-state index in [1.54, 1.807) is 4.90 Å². The Morgan fingerprint density at radius 1 is 0.783 bits per heavy atom. The zero-order valence-corrected chi connectivity index (χ0v) is 28.6. The lowest BCUT2D eigenvalue weighted by Crippen LogP contribution is -2.46. The summed E-state index contributed by atoms with van der Waals surface area (Å²) in [6.45, 7) is 14.3. The van der Waals surface area contributed by atoms with E-state index in [1.165, 1.54) is 28.9 Å². The summed E-state index contributed by atoms with van der Waals surface area (Å²) in [5.74, 6) is -1.17. The van der Waals surface area contributed by atoms with Crippen LogP contribution in [-0.4, -0.2) is 47.0 Å². The number of nitrogens with zero attached hydrogens (tertiary/aromatic N) is 3. The van der Waals surface area contributed by atoms with E-state index in [1.807, 2.05) is 27.7 Å². The summed E-state index contributed by atoms with van der Waals surface area (Å²) in [5, 5.41) is 0. The Bertz CT molecular complexity index is 1490. The molecule has 1 fully saturated rings. The fourth-order valence-corrected chi connectivity index (χ4v) is 6.93. The third-order valence-electron chi connectivity index (χ3n) is 9.31. The van der Waals surface area contributed by atoms with Gasteiger partial charge in [-0.1, -0.05) is 78.6 Å². The van der Waals surface area contributed by atoms with E-state index in [2.05, 4.69) is 38.1 Å². The van der Waals surface area contributed by atoms with E-state index in [0.717, 1.165) is 52.6 Å². The molecule has 8 heteroatoms. The highest BCUT2D eigenvalue weighted by Crippen LogP contribution is 2.36. The predicted octanol–water partition coefficient (Wildman–Crippen LogP) is 6.26. The number of anilines is 2. The molecule has 5 amide bonds. The molecular weight excluding hydrogens is 578 g/mol. The van der Waals surface area contributed by atoms with E-state index in [0.29, 0.717) is 50.0 Å². The predicted molar refractivity (Wildman–Crippen MR) is 182 cm³/mol. The molecule has 0 bridgehead atoms. The van der Waals surface area contributed by atoms with Crippen molar-refractivity contribution in [2.45, 2.75) is 112 Å². The zero-order valence-electron chi connectivity index (χ0n) is 28.6. The first kappa shape index (κ1) is 34.8. The highest BCUT2D eigenvalue weighted by atomic mass is 16.2. The molecule has 46 heavy (non-hydrogen) atoms. The molecule has 246 valence electrons. The monoisotopic (exact) mass is 627 g/mol. The lowest BCUT2D eigenvalue weighted by molar-refractivity contribution is -0.137. The van der Waals surface area contributed by atoms with E-state index >= 15 is 0 Å². The van der Waals surface area contributed by atoms with Crippen molar-refractivity contribution in [1.29, 1.82) is 0 Å². The van der Waals surface area contributed by atoms with Gasteiger partial charge in [0.15, 0.2) is 0 Å². The molecule has 2 aromatic carbocycles. The average molecular weight is 628 g/mol. The molecule has 2 aliphatic rings. The Labute approximate surface area is 273 Å². The number of amides is 5. The zero-order chi connectivity index (χ0) is 33.7. The van der Waals surface area contributed by atoms with E-state index < -0.39 is 6.04 Å². The van der Waals surface area contributed by atoms with Crippen molar-refractivity contribution in [3.63, 3.8) is 0 Å². The first-order valence-electron chi connectivity index (χ1n) is 17.0. The van der Waals surface area contributed by atoms with Gasteiger partial charge in [0.25, 0.3) is 17.7 Å². The summed E-state index contributed by atoms with van der Waals surface area (Å²) in [4.78, 5) is 69.5. The van der Waals surface area contributed by atoms with Gasteiger partial charge in [-0.3, -0.25) is 24.0 Å². The van der Waals surface area contributed by atoms with Crippen molar-refractivity contribution >= 4 is 40.9 Å². The van der Waals surface area contributed by atoms with Crippen molar-refractivity contribution in [1.82, 2.24) is 4.90 Å². The SMILES string of the molecule is CCCCC(C)CN(C(C)=O)C1CC(=O)N(c2c(CC)cc(Cc3cc(CC)c(N4C(=O)C=CC4=O)c(CC)c3)cc2CC)C1=O. The van der Waals surface area contributed by atoms with Gasteiger partial charge >= 0.3 is 0 Å². The second kappa shape index (κ2) is 15.0. The standard InChI is InChI=1S/C38H49N3O5/c1-8-13-14-24(6)23-39(25(7)42)32-22-35(45)41(38(32)46)37-30(11-4)20-27(21-31(37)12-5)17-26-18-28(9-2)36(29(10-3)19-26)40-33(43)15-16-34(40)44/h15-16,18-21,24,32H,8-14,17,22-23H2,1-7H3. The molecule has 1 saturated heterocycles.